The third-order valence-electron chi connectivity index (χ3n) is 5.86. The van der Waals surface area contributed by atoms with E-state index < -0.39 is 0 Å². The van der Waals surface area contributed by atoms with Gasteiger partial charge in [-0.15, -0.1) is 6.42 Å². The van der Waals surface area contributed by atoms with Crippen molar-refractivity contribution in [3.05, 3.63) is 138 Å². The van der Waals surface area contributed by atoms with Gasteiger partial charge in [-0.2, -0.15) is 6.08 Å². The Bertz CT molecular complexity index is 1210. The molecule has 0 amide bonds. The van der Waals surface area contributed by atoms with Crippen LogP contribution in [0, 0.1) is 11.5 Å². The Hall–Kier alpha value is -2.65. The summed E-state index contributed by atoms with van der Waals surface area (Å²) >= 11 is 0. The second-order valence-electron chi connectivity index (χ2n) is 11.6. The average molecular weight is 583 g/mol. The van der Waals surface area contributed by atoms with Crippen molar-refractivity contribution in [1.29, 1.82) is 0 Å². The van der Waals surface area contributed by atoms with Crippen LogP contribution in [0.5, 0.6) is 5.75 Å². The Morgan fingerprint density at radius 1 is 0.800 bits per heavy atom. The van der Waals surface area contributed by atoms with Crippen molar-refractivity contribution < 1.29 is 26.5 Å². The zero-order chi connectivity index (χ0) is 28.7. The number of rotatable bonds is 5. The first-order valence-electron chi connectivity index (χ1n) is 13.8. The van der Waals surface area contributed by atoms with Crippen molar-refractivity contribution >= 4 is 21.4 Å². The molecule has 0 aliphatic heterocycles. The van der Waals surface area contributed by atoms with Crippen LogP contribution in [0.2, 0.25) is 13.1 Å². The molecule has 3 aromatic rings. The smallest absolute Gasteiger partial charge is 0.138 e. The van der Waals surface area contributed by atoms with E-state index in [1.54, 1.807) is 0 Å². The fourth-order valence-electron chi connectivity index (χ4n) is 3.75. The number of para-hydroxylation sites is 1. The van der Waals surface area contributed by atoms with Gasteiger partial charge in [-0.3, -0.25) is 6.08 Å². The third-order valence-corrected chi connectivity index (χ3v) is 5.86. The van der Waals surface area contributed by atoms with Gasteiger partial charge in [0.05, 0.1) is 0 Å². The Morgan fingerprint density at radius 2 is 1.35 bits per heavy atom. The summed E-state index contributed by atoms with van der Waals surface area (Å²) < 4.78 is 6.47. The first-order valence-corrected chi connectivity index (χ1v) is 16.1. The normalized spacial score (nSPS) is 12.9. The average Bonchev–Trinajstić information content (AvgIpc) is 3.49. The Balaban J connectivity index is 0.000000773. The summed E-state index contributed by atoms with van der Waals surface area (Å²) in [4.78, 5) is 0. The van der Waals surface area contributed by atoms with Crippen LogP contribution in [-0.2, 0) is 27.1 Å². The van der Waals surface area contributed by atoms with Crippen LogP contribution in [0.4, 0.5) is 0 Å². The topological polar surface area (TPSA) is 9.23 Å². The minimum absolute atomic E-state index is 0. The predicted molar refractivity (Wildman–Crippen MR) is 175 cm³/mol. The molecule has 1 aliphatic carbocycles. The van der Waals surface area contributed by atoms with Gasteiger partial charge in [0.2, 0.25) is 0 Å². The number of ether oxygens (including phenoxy) is 1. The van der Waals surface area contributed by atoms with Crippen LogP contribution in [0.25, 0.3) is 11.8 Å². The molecule has 0 N–H and O–H groups in total. The van der Waals surface area contributed by atoms with Crippen LogP contribution < -0.4 is 4.74 Å². The largest absolute Gasteiger partial charge is 0.456 e. The molecular weight excluding hydrogens is 536 g/mol. The van der Waals surface area contributed by atoms with Crippen LogP contribution in [0.15, 0.2) is 115 Å². The van der Waals surface area contributed by atoms with Crippen molar-refractivity contribution in [2.45, 2.75) is 66.5 Å². The molecule has 3 heteroatoms. The number of benzene rings is 3. The molecular formula is C37H46OSiTi-. The summed E-state index contributed by atoms with van der Waals surface area (Å²) in [5.74, 6) is 1.73. The van der Waals surface area contributed by atoms with Gasteiger partial charge in [-0.1, -0.05) is 140 Å². The van der Waals surface area contributed by atoms with Crippen LogP contribution in [0.3, 0.4) is 0 Å². The molecule has 0 bridgehead atoms. The first-order chi connectivity index (χ1) is 18.6. The minimum Gasteiger partial charge on any atom is -0.456 e. The monoisotopic (exact) mass is 582 g/mol. The molecule has 1 radical (unpaired) electrons. The SMILES string of the molecule is CC(C)(C)C(C=Cc1ccc(C(C)(C)C)cc1)=C(Oc1ccccc1)c1ccccc1.C[SiH]C.[C-]1=CC=CC1.[Ti]. The molecule has 40 heavy (non-hydrogen) atoms. The van der Waals surface area contributed by atoms with Crippen molar-refractivity contribution in [1.82, 2.24) is 0 Å². The fraction of sp³-hybridized carbons (Fsp3) is 0.297. The molecule has 0 aromatic heterocycles. The quantitative estimate of drug-likeness (QED) is 0.126. The maximum atomic E-state index is 6.47. The van der Waals surface area contributed by atoms with Gasteiger partial charge in [-0.05, 0) is 34.1 Å². The van der Waals surface area contributed by atoms with Gasteiger partial charge >= 0.3 is 0 Å². The number of hydrogen-bond donors (Lipinski definition) is 0. The molecule has 0 heterocycles. The molecule has 0 spiro atoms. The summed E-state index contributed by atoms with van der Waals surface area (Å²) in [6.07, 6.45) is 14.4. The van der Waals surface area contributed by atoms with Crippen LogP contribution in [0.1, 0.15) is 64.7 Å². The van der Waals surface area contributed by atoms with Crippen LogP contribution in [-0.4, -0.2) is 9.52 Å². The van der Waals surface area contributed by atoms with E-state index in [9.17, 15) is 0 Å². The van der Waals surface area contributed by atoms with E-state index in [0.717, 1.165) is 38.6 Å². The second-order valence-corrected chi connectivity index (χ2v) is 12.7. The summed E-state index contributed by atoms with van der Waals surface area (Å²) in [6, 6.07) is 29.2. The molecule has 3 aromatic carbocycles. The van der Waals surface area contributed by atoms with Gasteiger partial charge in [-0.25, -0.2) is 12.2 Å². The molecule has 0 saturated heterocycles. The molecule has 0 fully saturated rings. The summed E-state index contributed by atoms with van der Waals surface area (Å²) in [5, 5.41) is 0. The first kappa shape index (κ1) is 35.4. The van der Waals surface area contributed by atoms with Gasteiger partial charge < -0.3 is 4.74 Å². The fourth-order valence-corrected chi connectivity index (χ4v) is 3.75. The summed E-state index contributed by atoms with van der Waals surface area (Å²) in [6.45, 7) is 17.8. The minimum atomic E-state index is -0.0954. The van der Waals surface area contributed by atoms with E-state index in [0.29, 0.717) is 0 Å². The van der Waals surface area contributed by atoms with Crippen molar-refractivity contribution in [2.75, 3.05) is 0 Å². The second kappa shape index (κ2) is 17.9. The van der Waals surface area contributed by atoms with E-state index in [1.807, 2.05) is 48.6 Å². The van der Waals surface area contributed by atoms with Crippen LogP contribution >= 0.6 is 0 Å². The molecule has 0 saturated carbocycles. The predicted octanol–water partition coefficient (Wildman–Crippen LogP) is 10.4. The van der Waals surface area contributed by atoms with E-state index in [2.05, 4.69) is 127 Å². The zero-order valence-electron chi connectivity index (χ0n) is 25.7. The zero-order valence-corrected chi connectivity index (χ0v) is 28.4. The molecule has 0 unspecified atom stereocenters. The summed E-state index contributed by atoms with van der Waals surface area (Å²) in [5.41, 5.74) is 4.81. The van der Waals surface area contributed by atoms with Crippen molar-refractivity contribution in [2.24, 2.45) is 5.41 Å². The van der Waals surface area contributed by atoms with Gasteiger partial charge in [0.25, 0.3) is 0 Å². The summed E-state index contributed by atoms with van der Waals surface area (Å²) in [7, 11) is 0.750. The van der Waals surface area contributed by atoms with E-state index in [4.69, 9.17) is 4.74 Å². The molecule has 1 nitrogen and oxygen atoms in total. The van der Waals surface area contributed by atoms with Gasteiger partial charge in [0.1, 0.15) is 11.5 Å². The Labute approximate surface area is 261 Å². The van der Waals surface area contributed by atoms with E-state index in [1.165, 1.54) is 11.1 Å². The number of hydrogen-bond acceptors (Lipinski definition) is 1. The van der Waals surface area contributed by atoms with E-state index >= 15 is 0 Å². The number of allylic oxidation sites excluding steroid dienone is 6. The maximum Gasteiger partial charge on any atom is 0.138 e. The standard InChI is InChI=1S/C30H34O.C5H5.C2H7Si.Ti/c1-29(2,3)25-20-17-23(18-21-25)19-22-27(30(4,5)6)28(24-13-9-7-10-14-24)31-26-15-11-8-12-16-26;1-2-4-5-3-1;1-3-2;/h7-22H,1-6H3;1-3H,4H2;3H,1-2H3;/q;-1;;. The van der Waals surface area contributed by atoms with Crippen molar-refractivity contribution in [3.8, 4) is 5.75 Å². The van der Waals surface area contributed by atoms with Gasteiger partial charge in [0, 0.05) is 42.4 Å². The Morgan fingerprint density at radius 3 is 1.77 bits per heavy atom. The third kappa shape index (κ3) is 12.7. The molecule has 209 valence electrons. The van der Waals surface area contributed by atoms with Gasteiger partial charge in [0.15, 0.2) is 0 Å². The molecule has 4 rings (SSSR count). The van der Waals surface area contributed by atoms with Crippen molar-refractivity contribution in [3.63, 3.8) is 0 Å². The molecule has 1 aliphatic rings. The Kier molecular flexibility index (Phi) is 15.8. The molecule has 0 atom stereocenters. The van der Waals surface area contributed by atoms with E-state index in [-0.39, 0.29) is 32.5 Å². The maximum absolute atomic E-state index is 6.47.